The molecular formula is C16H15NO6S. The Kier molecular flexibility index (Phi) is 4.06. The Hall–Kier alpha value is -2.74. The number of anilines is 1. The molecule has 0 radical (unpaired) electrons. The Morgan fingerprint density at radius 3 is 2.50 bits per heavy atom. The molecule has 2 aromatic rings. The van der Waals surface area contributed by atoms with Crippen molar-refractivity contribution < 1.29 is 27.8 Å². The number of methoxy groups -OCH3 is 1. The second-order valence-corrected chi connectivity index (χ2v) is 6.99. The van der Waals surface area contributed by atoms with Crippen LogP contribution in [0.1, 0.15) is 0 Å². The Balaban J connectivity index is 2.06. The minimum atomic E-state index is -3.93. The van der Waals surface area contributed by atoms with Crippen LogP contribution in [0.4, 0.5) is 5.69 Å². The molecule has 0 unspecified atom stereocenters. The van der Waals surface area contributed by atoms with Gasteiger partial charge in [0, 0.05) is 0 Å². The highest BCUT2D eigenvalue weighted by atomic mass is 32.2. The molecule has 0 aliphatic carbocycles. The van der Waals surface area contributed by atoms with E-state index in [0.717, 1.165) is 4.31 Å². The van der Waals surface area contributed by atoms with Crippen LogP contribution in [0.2, 0.25) is 0 Å². The van der Waals surface area contributed by atoms with Crippen LogP contribution in [0.3, 0.4) is 0 Å². The van der Waals surface area contributed by atoms with Crippen LogP contribution >= 0.6 is 0 Å². The van der Waals surface area contributed by atoms with E-state index in [1.165, 1.54) is 31.4 Å². The first-order valence-electron chi connectivity index (χ1n) is 7.09. The molecule has 0 saturated carbocycles. The maximum Gasteiger partial charge on any atom is 0.346 e. The third-order valence-corrected chi connectivity index (χ3v) is 5.45. The molecule has 2 aromatic carbocycles. The van der Waals surface area contributed by atoms with E-state index in [9.17, 15) is 18.3 Å². The van der Waals surface area contributed by atoms with Gasteiger partial charge in [-0.1, -0.05) is 12.1 Å². The lowest BCUT2D eigenvalue weighted by atomic mass is 10.2. The van der Waals surface area contributed by atoms with E-state index < -0.39 is 22.1 Å². The SMILES string of the molecule is COc1ccc(S(=O)(=O)N2C[C@H](C(=O)O)Oc3ccccc32)cc1. The number of aliphatic carboxylic acids is 1. The third kappa shape index (κ3) is 2.76. The zero-order chi connectivity index (χ0) is 17.3. The number of rotatable bonds is 4. The van der Waals surface area contributed by atoms with E-state index in [4.69, 9.17) is 9.47 Å². The summed E-state index contributed by atoms with van der Waals surface area (Å²) in [5.41, 5.74) is 0.311. The second kappa shape index (κ2) is 6.04. The monoisotopic (exact) mass is 349 g/mol. The number of ether oxygens (including phenoxy) is 2. The second-order valence-electron chi connectivity index (χ2n) is 5.12. The van der Waals surface area contributed by atoms with Crippen molar-refractivity contribution in [1.29, 1.82) is 0 Å². The molecule has 126 valence electrons. The summed E-state index contributed by atoms with van der Waals surface area (Å²) in [7, 11) is -2.45. The van der Waals surface area contributed by atoms with Gasteiger partial charge in [0.05, 0.1) is 24.2 Å². The molecule has 0 bridgehead atoms. The Morgan fingerprint density at radius 2 is 1.88 bits per heavy atom. The molecule has 3 rings (SSSR count). The minimum absolute atomic E-state index is 0.0455. The number of hydrogen-bond acceptors (Lipinski definition) is 5. The van der Waals surface area contributed by atoms with Gasteiger partial charge in [-0.2, -0.15) is 0 Å². The number of fused-ring (bicyclic) bond motifs is 1. The van der Waals surface area contributed by atoms with Gasteiger partial charge in [0.15, 0.2) is 0 Å². The fourth-order valence-electron chi connectivity index (χ4n) is 2.43. The van der Waals surface area contributed by atoms with E-state index in [0.29, 0.717) is 11.4 Å². The van der Waals surface area contributed by atoms with Gasteiger partial charge in [-0.15, -0.1) is 0 Å². The first-order valence-corrected chi connectivity index (χ1v) is 8.53. The number of carboxylic acids is 1. The fraction of sp³-hybridized carbons (Fsp3) is 0.188. The number of nitrogens with zero attached hydrogens (tertiary/aromatic N) is 1. The lowest BCUT2D eigenvalue weighted by molar-refractivity contribution is -0.144. The average molecular weight is 349 g/mol. The summed E-state index contributed by atoms with van der Waals surface area (Å²) in [6.45, 7) is -0.305. The van der Waals surface area contributed by atoms with Crippen molar-refractivity contribution in [1.82, 2.24) is 0 Å². The maximum absolute atomic E-state index is 13.0. The summed E-state index contributed by atoms with van der Waals surface area (Å²) in [6, 6.07) is 12.3. The molecule has 0 amide bonds. The van der Waals surface area contributed by atoms with Gasteiger partial charge in [0.25, 0.3) is 10.0 Å². The molecule has 1 N–H and O–H groups in total. The average Bonchev–Trinajstić information content (AvgIpc) is 2.60. The van der Waals surface area contributed by atoms with Gasteiger partial charge in [-0.05, 0) is 36.4 Å². The quantitative estimate of drug-likeness (QED) is 0.904. The van der Waals surface area contributed by atoms with Crippen molar-refractivity contribution in [3.05, 3.63) is 48.5 Å². The largest absolute Gasteiger partial charge is 0.497 e. The van der Waals surface area contributed by atoms with E-state index in [1.807, 2.05) is 0 Å². The summed E-state index contributed by atoms with van der Waals surface area (Å²) in [6.07, 6.45) is -1.27. The first kappa shape index (κ1) is 16.1. The predicted octanol–water partition coefficient (Wildman–Crippen LogP) is 1.74. The Bertz CT molecular complexity index is 862. The zero-order valence-electron chi connectivity index (χ0n) is 12.7. The molecule has 1 aliphatic rings. The van der Waals surface area contributed by atoms with Crippen LogP contribution in [-0.4, -0.2) is 39.3 Å². The zero-order valence-corrected chi connectivity index (χ0v) is 13.6. The number of hydrogen-bond donors (Lipinski definition) is 1. The lowest BCUT2D eigenvalue weighted by Crippen LogP contribution is -2.47. The molecule has 24 heavy (non-hydrogen) atoms. The molecule has 0 saturated heterocycles. The predicted molar refractivity (Wildman–Crippen MR) is 86.0 cm³/mol. The molecule has 1 atom stereocenters. The normalized spacial score (nSPS) is 16.9. The van der Waals surface area contributed by atoms with E-state index in [1.54, 1.807) is 24.3 Å². The maximum atomic E-state index is 13.0. The highest BCUT2D eigenvalue weighted by Gasteiger charge is 2.37. The Morgan fingerprint density at radius 1 is 1.21 bits per heavy atom. The molecule has 0 spiro atoms. The van der Waals surface area contributed by atoms with Crippen molar-refractivity contribution in [3.8, 4) is 11.5 Å². The van der Waals surface area contributed by atoms with Crippen molar-refractivity contribution >= 4 is 21.7 Å². The molecule has 8 heteroatoms. The van der Waals surface area contributed by atoms with Crippen molar-refractivity contribution in [3.63, 3.8) is 0 Å². The van der Waals surface area contributed by atoms with Gasteiger partial charge >= 0.3 is 5.97 Å². The van der Waals surface area contributed by atoms with Crippen LogP contribution in [0, 0.1) is 0 Å². The topological polar surface area (TPSA) is 93.1 Å². The van der Waals surface area contributed by atoms with Crippen LogP contribution < -0.4 is 13.8 Å². The lowest BCUT2D eigenvalue weighted by Gasteiger charge is -2.33. The molecule has 0 fully saturated rings. The standard InChI is InChI=1S/C16H15NO6S/c1-22-11-6-8-12(9-7-11)24(20,21)17-10-15(16(18)19)23-14-5-3-2-4-13(14)17/h2-9,15H,10H2,1H3,(H,18,19)/t15-/m1/s1. The Labute approximate surface area is 139 Å². The van der Waals surface area contributed by atoms with Crippen molar-refractivity contribution in [2.24, 2.45) is 0 Å². The summed E-state index contributed by atoms with van der Waals surface area (Å²) in [5.74, 6) is -0.479. The third-order valence-electron chi connectivity index (χ3n) is 3.66. The highest BCUT2D eigenvalue weighted by molar-refractivity contribution is 7.92. The van der Waals surface area contributed by atoms with Crippen molar-refractivity contribution in [2.45, 2.75) is 11.0 Å². The molecule has 1 aliphatic heterocycles. The van der Waals surface area contributed by atoms with Crippen LogP contribution in [-0.2, 0) is 14.8 Å². The van der Waals surface area contributed by atoms with Gasteiger partial charge in [-0.3, -0.25) is 4.31 Å². The van der Waals surface area contributed by atoms with Crippen molar-refractivity contribution in [2.75, 3.05) is 18.0 Å². The number of carboxylic acid groups (broad SMARTS) is 1. The van der Waals surface area contributed by atoms with E-state index in [2.05, 4.69) is 0 Å². The summed E-state index contributed by atoms with van der Waals surface area (Å²) in [4.78, 5) is 11.3. The van der Waals surface area contributed by atoms with Gasteiger partial charge < -0.3 is 14.6 Å². The summed E-state index contributed by atoms with van der Waals surface area (Å²) < 4.78 is 37.4. The number of carbonyl (C=O) groups is 1. The molecule has 1 heterocycles. The van der Waals surface area contributed by atoms with E-state index in [-0.39, 0.29) is 17.2 Å². The summed E-state index contributed by atoms with van der Waals surface area (Å²) in [5, 5.41) is 9.22. The first-order chi connectivity index (χ1) is 11.4. The van der Waals surface area contributed by atoms with Gasteiger partial charge in [0.1, 0.15) is 11.5 Å². The number of benzene rings is 2. The fourth-order valence-corrected chi connectivity index (χ4v) is 3.91. The molecule has 0 aromatic heterocycles. The molecule has 7 nitrogen and oxygen atoms in total. The smallest absolute Gasteiger partial charge is 0.346 e. The van der Waals surface area contributed by atoms with Gasteiger partial charge in [0.2, 0.25) is 6.10 Å². The van der Waals surface area contributed by atoms with Crippen LogP contribution in [0.25, 0.3) is 0 Å². The highest BCUT2D eigenvalue weighted by Crippen LogP contribution is 2.36. The van der Waals surface area contributed by atoms with E-state index >= 15 is 0 Å². The number of para-hydroxylation sites is 2. The summed E-state index contributed by atoms with van der Waals surface area (Å²) >= 11 is 0. The van der Waals surface area contributed by atoms with Crippen LogP contribution in [0.15, 0.2) is 53.4 Å². The van der Waals surface area contributed by atoms with Crippen LogP contribution in [0.5, 0.6) is 11.5 Å². The van der Waals surface area contributed by atoms with Gasteiger partial charge in [-0.25, -0.2) is 13.2 Å². The number of sulfonamides is 1. The molecular weight excluding hydrogens is 334 g/mol. The minimum Gasteiger partial charge on any atom is -0.497 e.